The molecule has 0 saturated heterocycles. The molecule has 1 aromatic heterocycles. The first kappa shape index (κ1) is 16.9. The Morgan fingerprint density at radius 3 is 2.64 bits per heavy atom. The van der Waals surface area contributed by atoms with Gasteiger partial charge in [-0.15, -0.1) is 0 Å². The van der Waals surface area contributed by atoms with Crippen LogP contribution in [0.2, 0.25) is 0 Å². The summed E-state index contributed by atoms with van der Waals surface area (Å²) in [6.45, 7) is 3.03. The van der Waals surface area contributed by atoms with Crippen LogP contribution in [0.1, 0.15) is 23.0 Å². The van der Waals surface area contributed by atoms with Gasteiger partial charge in [0.1, 0.15) is 11.5 Å². The average molecular weight is 337 g/mol. The van der Waals surface area contributed by atoms with Crippen LogP contribution >= 0.6 is 0 Å². The summed E-state index contributed by atoms with van der Waals surface area (Å²) in [6.07, 6.45) is 0.767. The van der Waals surface area contributed by atoms with Crippen LogP contribution < -0.4 is 5.32 Å². The number of hydrogen-bond donors (Lipinski definition) is 1. The largest absolute Gasteiger partial charge is 0.350 e. The lowest BCUT2D eigenvalue weighted by molar-refractivity contribution is 0.0943. The number of nitrogens with zero attached hydrogens (tertiary/aromatic N) is 2. The lowest BCUT2D eigenvalue weighted by atomic mass is 10.1. The third-order valence-corrected chi connectivity index (χ3v) is 3.97. The van der Waals surface area contributed by atoms with Crippen LogP contribution in [0.4, 0.5) is 4.39 Å². The number of nitrogens with one attached hydrogen (secondary N) is 1. The topological polar surface area (TPSA) is 46.9 Å². The van der Waals surface area contributed by atoms with Crippen molar-refractivity contribution in [1.82, 2.24) is 15.1 Å². The second-order valence-corrected chi connectivity index (χ2v) is 5.73. The summed E-state index contributed by atoms with van der Waals surface area (Å²) in [5.74, 6) is -0.495. The first-order chi connectivity index (χ1) is 12.2. The van der Waals surface area contributed by atoms with Crippen LogP contribution in [0.5, 0.6) is 0 Å². The number of rotatable bonds is 6. The van der Waals surface area contributed by atoms with Crippen LogP contribution in [0.15, 0.2) is 60.7 Å². The van der Waals surface area contributed by atoms with Gasteiger partial charge in [-0.2, -0.15) is 5.10 Å². The molecule has 2 aromatic carbocycles. The summed E-state index contributed by atoms with van der Waals surface area (Å²) in [7, 11) is 0. The van der Waals surface area contributed by atoms with Crippen molar-refractivity contribution in [2.45, 2.75) is 19.9 Å². The Balaban J connectivity index is 1.71. The van der Waals surface area contributed by atoms with Gasteiger partial charge in [0.05, 0.1) is 5.69 Å². The van der Waals surface area contributed by atoms with E-state index >= 15 is 0 Å². The molecule has 1 N–H and O–H groups in total. The fourth-order valence-corrected chi connectivity index (χ4v) is 2.69. The maximum Gasteiger partial charge on any atom is 0.269 e. The SMILES string of the molecule is CCn1nc(-c2cccc(F)c2)cc1C(=O)NCCc1ccccc1. The molecule has 3 aromatic rings. The summed E-state index contributed by atoms with van der Waals surface area (Å²) in [5.41, 5.74) is 2.90. The molecule has 0 bridgehead atoms. The monoisotopic (exact) mass is 337 g/mol. The first-order valence-electron chi connectivity index (χ1n) is 8.33. The number of aromatic nitrogens is 2. The highest BCUT2D eigenvalue weighted by atomic mass is 19.1. The molecule has 128 valence electrons. The molecule has 25 heavy (non-hydrogen) atoms. The Morgan fingerprint density at radius 1 is 1.12 bits per heavy atom. The molecule has 1 heterocycles. The Morgan fingerprint density at radius 2 is 1.92 bits per heavy atom. The van der Waals surface area contributed by atoms with Crippen molar-refractivity contribution in [1.29, 1.82) is 0 Å². The molecule has 0 unspecified atom stereocenters. The van der Waals surface area contributed by atoms with Gasteiger partial charge in [0.2, 0.25) is 0 Å². The second kappa shape index (κ2) is 7.75. The van der Waals surface area contributed by atoms with Gasteiger partial charge >= 0.3 is 0 Å². The highest BCUT2D eigenvalue weighted by molar-refractivity contribution is 5.93. The Bertz CT molecular complexity index is 858. The number of amides is 1. The molecule has 0 spiro atoms. The van der Waals surface area contributed by atoms with Gasteiger partial charge in [-0.1, -0.05) is 42.5 Å². The van der Waals surface area contributed by atoms with Crippen molar-refractivity contribution in [3.63, 3.8) is 0 Å². The van der Waals surface area contributed by atoms with E-state index < -0.39 is 0 Å². The summed E-state index contributed by atoms with van der Waals surface area (Å²) in [5, 5.41) is 7.34. The molecule has 0 saturated carbocycles. The fourth-order valence-electron chi connectivity index (χ4n) is 2.69. The summed E-state index contributed by atoms with van der Waals surface area (Å²) in [6, 6.07) is 17.9. The molecule has 1 amide bonds. The van der Waals surface area contributed by atoms with Crippen LogP contribution in [0.3, 0.4) is 0 Å². The van der Waals surface area contributed by atoms with Crippen molar-refractivity contribution >= 4 is 5.91 Å². The number of halogens is 1. The highest BCUT2D eigenvalue weighted by Crippen LogP contribution is 2.20. The van der Waals surface area contributed by atoms with Gasteiger partial charge in [-0.3, -0.25) is 9.48 Å². The quantitative estimate of drug-likeness (QED) is 0.746. The van der Waals surface area contributed by atoms with E-state index in [9.17, 15) is 9.18 Å². The number of carbonyl (C=O) groups is 1. The number of hydrogen-bond acceptors (Lipinski definition) is 2. The average Bonchev–Trinajstić information content (AvgIpc) is 3.07. The summed E-state index contributed by atoms with van der Waals surface area (Å²) < 4.78 is 15.1. The summed E-state index contributed by atoms with van der Waals surface area (Å²) >= 11 is 0. The molecule has 0 radical (unpaired) electrons. The van der Waals surface area contributed by atoms with Crippen LogP contribution in [-0.4, -0.2) is 22.2 Å². The van der Waals surface area contributed by atoms with Gasteiger partial charge in [0, 0.05) is 18.7 Å². The van der Waals surface area contributed by atoms with E-state index in [-0.39, 0.29) is 11.7 Å². The molecular weight excluding hydrogens is 317 g/mol. The molecule has 0 atom stereocenters. The zero-order valence-corrected chi connectivity index (χ0v) is 14.1. The van der Waals surface area contributed by atoms with Crippen LogP contribution in [0.25, 0.3) is 11.3 Å². The minimum absolute atomic E-state index is 0.173. The minimum atomic E-state index is -0.322. The predicted octanol–water partition coefficient (Wildman–Crippen LogP) is 3.68. The number of carbonyl (C=O) groups excluding carboxylic acids is 1. The second-order valence-electron chi connectivity index (χ2n) is 5.73. The zero-order valence-electron chi connectivity index (χ0n) is 14.1. The molecule has 0 fully saturated rings. The molecule has 0 aliphatic carbocycles. The molecule has 0 aliphatic heterocycles. The maximum absolute atomic E-state index is 13.4. The number of benzene rings is 2. The van der Waals surface area contributed by atoms with Crippen molar-refractivity contribution < 1.29 is 9.18 Å². The molecule has 5 heteroatoms. The summed E-state index contributed by atoms with van der Waals surface area (Å²) in [4.78, 5) is 12.5. The van der Waals surface area contributed by atoms with E-state index in [0.29, 0.717) is 30.0 Å². The zero-order chi connectivity index (χ0) is 17.6. The van der Waals surface area contributed by atoms with Gasteiger partial charge in [0.15, 0.2) is 0 Å². The van der Waals surface area contributed by atoms with E-state index in [4.69, 9.17) is 0 Å². The lowest BCUT2D eigenvalue weighted by Gasteiger charge is -2.06. The van der Waals surface area contributed by atoms with Gasteiger partial charge in [0.25, 0.3) is 5.91 Å². The van der Waals surface area contributed by atoms with Crippen LogP contribution in [0, 0.1) is 5.82 Å². The highest BCUT2D eigenvalue weighted by Gasteiger charge is 2.15. The van der Waals surface area contributed by atoms with Crippen molar-refractivity contribution in [3.05, 3.63) is 77.7 Å². The smallest absolute Gasteiger partial charge is 0.269 e. The molecular formula is C20H20FN3O. The molecule has 4 nitrogen and oxygen atoms in total. The van der Waals surface area contributed by atoms with E-state index in [0.717, 1.165) is 6.42 Å². The van der Waals surface area contributed by atoms with E-state index in [2.05, 4.69) is 10.4 Å². The standard InChI is InChI=1S/C20H20FN3O/c1-2-24-19(14-18(23-24)16-9-6-10-17(21)13-16)20(25)22-12-11-15-7-4-3-5-8-15/h3-10,13-14H,2,11-12H2,1H3,(H,22,25). The fraction of sp³-hybridized carbons (Fsp3) is 0.200. The van der Waals surface area contributed by atoms with Gasteiger partial charge in [-0.25, -0.2) is 4.39 Å². The number of aryl methyl sites for hydroxylation is 1. The first-order valence-corrected chi connectivity index (χ1v) is 8.33. The molecule has 3 rings (SSSR count). The maximum atomic E-state index is 13.4. The Labute approximate surface area is 146 Å². The third-order valence-electron chi connectivity index (χ3n) is 3.97. The normalized spacial score (nSPS) is 10.6. The van der Waals surface area contributed by atoms with Gasteiger partial charge in [-0.05, 0) is 37.1 Å². The predicted molar refractivity (Wildman–Crippen MR) is 95.8 cm³/mol. The Kier molecular flexibility index (Phi) is 5.23. The lowest BCUT2D eigenvalue weighted by Crippen LogP contribution is -2.28. The Hall–Kier alpha value is -2.95. The van der Waals surface area contributed by atoms with E-state index in [1.165, 1.54) is 17.7 Å². The molecule has 0 aliphatic rings. The van der Waals surface area contributed by atoms with Crippen molar-refractivity contribution in [3.8, 4) is 11.3 Å². The minimum Gasteiger partial charge on any atom is -0.350 e. The van der Waals surface area contributed by atoms with Crippen molar-refractivity contribution in [2.24, 2.45) is 0 Å². The third kappa shape index (κ3) is 4.12. The van der Waals surface area contributed by atoms with E-state index in [1.54, 1.807) is 22.9 Å². The van der Waals surface area contributed by atoms with Gasteiger partial charge < -0.3 is 5.32 Å². The van der Waals surface area contributed by atoms with E-state index in [1.807, 2.05) is 37.3 Å². The van der Waals surface area contributed by atoms with Crippen molar-refractivity contribution in [2.75, 3.05) is 6.54 Å². The van der Waals surface area contributed by atoms with Crippen LogP contribution in [-0.2, 0) is 13.0 Å².